The number of hydrogen-bond donors (Lipinski definition) is 4. The number of carboxylic acids is 1. The van der Waals surface area contributed by atoms with Gasteiger partial charge in [-0.2, -0.15) is 0 Å². The van der Waals surface area contributed by atoms with E-state index in [4.69, 9.17) is 0 Å². The molecule has 1 fully saturated rings. The third kappa shape index (κ3) is 2.20. The molecular formula is C13H16N4O2. The van der Waals surface area contributed by atoms with Gasteiger partial charge in [0.05, 0.1) is 17.1 Å². The molecule has 0 saturated carbocycles. The average molecular weight is 260 g/mol. The van der Waals surface area contributed by atoms with Gasteiger partial charge in [0.15, 0.2) is 0 Å². The highest BCUT2D eigenvalue weighted by molar-refractivity contribution is 5.78. The van der Waals surface area contributed by atoms with E-state index < -0.39 is 12.0 Å². The third-order valence-corrected chi connectivity index (χ3v) is 3.44. The largest absolute Gasteiger partial charge is 0.480 e. The molecule has 3 rings (SSSR count). The fourth-order valence-electron chi connectivity index (χ4n) is 2.58. The van der Waals surface area contributed by atoms with E-state index in [1.54, 1.807) is 0 Å². The van der Waals surface area contributed by atoms with Crippen molar-refractivity contribution < 1.29 is 9.90 Å². The minimum absolute atomic E-state index is 0.223. The van der Waals surface area contributed by atoms with E-state index >= 15 is 0 Å². The lowest BCUT2D eigenvalue weighted by Gasteiger charge is -2.31. The quantitative estimate of drug-likeness (QED) is 0.633. The van der Waals surface area contributed by atoms with Crippen LogP contribution in [0.4, 0.5) is 0 Å². The van der Waals surface area contributed by atoms with Crippen LogP contribution in [0.5, 0.6) is 0 Å². The lowest BCUT2D eigenvalue weighted by Crippen LogP contribution is -2.54. The van der Waals surface area contributed by atoms with Crippen molar-refractivity contribution >= 4 is 17.0 Å². The number of carboxylic acid groups (broad SMARTS) is 1. The number of benzene rings is 1. The van der Waals surface area contributed by atoms with Gasteiger partial charge in [0.25, 0.3) is 0 Å². The van der Waals surface area contributed by atoms with Gasteiger partial charge in [-0.25, -0.2) is 4.98 Å². The topological polar surface area (TPSA) is 90.0 Å². The molecule has 1 aromatic heterocycles. The van der Waals surface area contributed by atoms with Gasteiger partial charge in [-0.05, 0) is 24.6 Å². The Morgan fingerprint density at radius 2 is 2.16 bits per heavy atom. The molecule has 0 aliphatic carbocycles. The summed E-state index contributed by atoms with van der Waals surface area (Å²) in [5.74, 6) is 0.0229. The molecule has 1 saturated heterocycles. The highest BCUT2D eigenvalue weighted by Gasteiger charge is 2.31. The van der Waals surface area contributed by atoms with E-state index in [-0.39, 0.29) is 6.04 Å². The van der Waals surface area contributed by atoms with Crippen LogP contribution in [0.15, 0.2) is 18.2 Å². The molecule has 0 amide bonds. The van der Waals surface area contributed by atoms with E-state index in [1.807, 2.05) is 25.1 Å². The lowest BCUT2D eigenvalue weighted by atomic mass is 9.97. The van der Waals surface area contributed by atoms with Crippen molar-refractivity contribution in [3.8, 4) is 0 Å². The van der Waals surface area contributed by atoms with Crippen molar-refractivity contribution in [2.75, 3.05) is 13.1 Å². The van der Waals surface area contributed by atoms with Crippen molar-refractivity contribution in [1.82, 2.24) is 20.6 Å². The van der Waals surface area contributed by atoms with Crippen LogP contribution in [0.3, 0.4) is 0 Å². The van der Waals surface area contributed by atoms with Crippen LogP contribution in [0.25, 0.3) is 11.0 Å². The second-order valence-corrected chi connectivity index (χ2v) is 4.80. The summed E-state index contributed by atoms with van der Waals surface area (Å²) in [6.45, 7) is 3.33. The predicted octanol–water partition coefficient (Wildman–Crippen LogP) is 0.558. The van der Waals surface area contributed by atoms with Gasteiger partial charge in [0.1, 0.15) is 11.9 Å². The van der Waals surface area contributed by atoms with Gasteiger partial charge in [-0.1, -0.05) is 6.07 Å². The molecule has 6 heteroatoms. The second kappa shape index (κ2) is 4.64. The van der Waals surface area contributed by atoms with Crippen molar-refractivity contribution in [2.45, 2.75) is 19.0 Å². The first-order valence-corrected chi connectivity index (χ1v) is 6.31. The van der Waals surface area contributed by atoms with Crippen molar-refractivity contribution in [1.29, 1.82) is 0 Å². The standard InChI is InChI=1S/C13H16N4O2/c1-7-16-9-3-2-8(6-10(9)17-7)11-12(13(18)19)15-5-4-14-11/h2-3,6,11-12,14-15H,4-5H2,1H3,(H,16,17)(H,18,19). The molecule has 1 aliphatic heterocycles. The smallest absolute Gasteiger partial charge is 0.322 e. The molecule has 19 heavy (non-hydrogen) atoms. The zero-order valence-corrected chi connectivity index (χ0v) is 10.6. The Hall–Kier alpha value is -1.92. The summed E-state index contributed by atoms with van der Waals surface area (Å²) in [4.78, 5) is 18.8. The number of aliphatic carboxylic acids is 1. The Bertz CT molecular complexity index is 622. The Labute approximate surface area is 110 Å². The van der Waals surface area contributed by atoms with Crippen molar-refractivity contribution in [2.24, 2.45) is 0 Å². The molecule has 0 spiro atoms. The molecule has 0 bridgehead atoms. The summed E-state index contributed by atoms with van der Waals surface area (Å²) in [6.07, 6.45) is 0. The van der Waals surface area contributed by atoms with Crippen LogP contribution in [0.2, 0.25) is 0 Å². The first-order chi connectivity index (χ1) is 9.15. The highest BCUT2D eigenvalue weighted by atomic mass is 16.4. The van der Waals surface area contributed by atoms with Crippen LogP contribution < -0.4 is 10.6 Å². The molecule has 2 heterocycles. The molecule has 1 aromatic carbocycles. The molecule has 100 valence electrons. The van der Waals surface area contributed by atoms with Crippen LogP contribution in [-0.4, -0.2) is 40.2 Å². The molecule has 0 radical (unpaired) electrons. The maximum Gasteiger partial charge on any atom is 0.322 e. The summed E-state index contributed by atoms with van der Waals surface area (Å²) in [7, 11) is 0. The zero-order valence-electron chi connectivity index (χ0n) is 10.6. The number of rotatable bonds is 2. The predicted molar refractivity (Wildman–Crippen MR) is 71.0 cm³/mol. The summed E-state index contributed by atoms with van der Waals surface area (Å²) >= 11 is 0. The number of H-pyrrole nitrogens is 1. The maximum absolute atomic E-state index is 11.3. The first kappa shape index (κ1) is 12.1. The number of aromatic nitrogens is 2. The number of nitrogens with zero attached hydrogens (tertiary/aromatic N) is 1. The van der Waals surface area contributed by atoms with Gasteiger partial charge in [-0.3, -0.25) is 4.79 Å². The van der Waals surface area contributed by atoms with Gasteiger partial charge in [0, 0.05) is 13.1 Å². The lowest BCUT2D eigenvalue weighted by molar-refractivity contribution is -0.140. The van der Waals surface area contributed by atoms with E-state index in [0.29, 0.717) is 6.54 Å². The van der Waals surface area contributed by atoms with Crippen molar-refractivity contribution in [3.63, 3.8) is 0 Å². The second-order valence-electron chi connectivity index (χ2n) is 4.80. The summed E-state index contributed by atoms with van der Waals surface area (Å²) in [5.41, 5.74) is 2.79. The van der Waals surface area contributed by atoms with Crippen LogP contribution >= 0.6 is 0 Å². The molecule has 2 atom stereocenters. The molecule has 2 aromatic rings. The van der Waals surface area contributed by atoms with Gasteiger partial charge in [0.2, 0.25) is 0 Å². The van der Waals surface area contributed by atoms with E-state index in [0.717, 1.165) is 29.0 Å². The number of carbonyl (C=O) groups is 1. The Kier molecular flexibility index (Phi) is 2.96. The number of nitrogens with one attached hydrogen (secondary N) is 3. The van der Waals surface area contributed by atoms with Crippen molar-refractivity contribution in [3.05, 3.63) is 29.6 Å². The normalized spacial score (nSPS) is 23.6. The molecular weight excluding hydrogens is 244 g/mol. The number of aromatic amines is 1. The van der Waals surface area contributed by atoms with Crippen LogP contribution in [0, 0.1) is 6.92 Å². The number of aryl methyl sites for hydroxylation is 1. The molecule has 4 N–H and O–H groups in total. The fourth-order valence-corrected chi connectivity index (χ4v) is 2.58. The monoisotopic (exact) mass is 260 g/mol. The fraction of sp³-hybridized carbons (Fsp3) is 0.385. The van der Waals surface area contributed by atoms with Crippen LogP contribution in [0.1, 0.15) is 17.4 Å². The zero-order chi connectivity index (χ0) is 13.4. The van der Waals surface area contributed by atoms with E-state index in [9.17, 15) is 9.90 Å². The number of fused-ring (bicyclic) bond motifs is 1. The van der Waals surface area contributed by atoms with Gasteiger partial charge < -0.3 is 20.7 Å². The summed E-state index contributed by atoms with van der Waals surface area (Å²) in [6, 6.07) is 5.00. The Morgan fingerprint density at radius 3 is 2.95 bits per heavy atom. The number of imidazole rings is 1. The Balaban J connectivity index is 1.99. The first-order valence-electron chi connectivity index (χ1n) is 6.31. The van der Waals surface area contributed by atoms with E-state index in [1.165, 1.54) is 0 Å². The van der Waals surface area contributed by atoms with Gasteiger partial charge >= 0.3 is 5.97 Å². The Morgan fingerprint density at radius 1 is 1.37 bits per heavy atom. The summed E-state index contributed by atoms with van der Waals surface area (Å²) in [5, 5.41) is 15.6. The minimum atomic E-state index is -0.835. The van der Waals surface area contributed by atoms with Crippen LogP contribution in [-0.2, 0) is 4.79 Å². The molecule has 1 aliphatic rings. The third-order valence-electron chi connectivity index (χ3n) is 3.44. The number of hydrogen-bond acceptors (Lipinski definition) is 4. The van der Waals surface area contributed by atoms with E-state index in [2.05, 4.69) is 20.6 Å². The SMILES string of the molecule is Cc1nc2ccc(C3NCCNC3C(=O)O)cc2[nH]1. The molecule has 2 unspecified atom stereocenters. The highest BCUT2D eigenvalue weighted by Crippen LogP contribution is 2.23. The number of piperazine rings is 1. The average Bonchev–Trinajstić information content (AvgIpc) is 2.77. The minimum Gasteiger partial charge on any atom is -0.480 e. The molecule has 6 nitrogen and oxygen atoms in total. The summed E-state index contributed by atoms with van der Waals surface area (Å²) < 4.78 is 0. The van der Waals surface area contributed by atoms with Gasteiger partial charge in [-0.15, -0.1) is 0 Å². The maximum atomic E-state index is 11.3.